The lowest BCUT2D eigenvalue weighted by Gasteiger charge is -2.32. The summed E-state index contributed by atoms with van der Waals surface area (Å²) in [6.45, 7) is 0.0609. The first-order valence-electron chi connectivity index (χ1n) is 8.97. The van der Waals surface area contributed by atoms with Crippen molar-refractivity contribution >= 4 is 17.2 Å². The molecule has 0 aromatic heterocycles. The van der Waals surface area contributed by atoms with Gasteiger partial charge in [0.15, 0.2) is 23.4 Å². The molecule has 10 heteroatoms. The minimum Gasteiger partial charge on any atom is -0.508 e. The van der Waals surface area contributed by atoms with Crippen LogP contribution in [-0.2, 0) is 11.2 Å². The van der Waals surface area contributed by atoms with Crippen LogP contribution in [0.4, 0.5) is 0 Å². The van der Waals surface area contributed by atoms with Crippen molar-refractivity contribution in [3.05, 3.63) is 51.7 Å². The first kappa shape index (κ1) is 20.1. The molecule has 6 N–H and O–H groups in total. The smallest absolute Gasteiger partial charge is 0.298 e. The molecule has 0 bridgehead atoms. The molecular formula is C21H16O10. The van der Waals surface area contributed by atoms with Crippen LogP contribution >= 0.6 is 0 Å². The van der Waals surface area contributed by atoms with E-state index < -0.39 is 40.3 Å². The van der Waals surface area contributed by atoms with E-state index in [1.54, 1.807) is 0 Å². The molecule has 4 rings (SSSR count). The summed E-state index contributed by atoms with van der Waals surface area (Å²) in [6, 6.07) is 5.35. The molecule has 2 atom stereocenters. The van der Waals surface area contributed by atoms with Gasteiger partial charge < -0.3 is 40.1 Å². The molecule has 1 aliphatic heterocycles. The topological polar surface area (TPSA) is 174 Å². The zero-order chi connectivity index (χ0) is 22.4. The van der Waals surface area contributed by atoms with Crippen molar-refractivity contribution < 1.29 is 44.9 Å². The van der Waals surface area contributed by atoms with E-state index in [1.807, 2.05) is 0 Å². The van der Waals surface area contributed by atoms with Crippen LogP contribution in [0.1, 0.15) is 17.2 Å². The highest BCUT2D eigenvalue weighted by molar-refractivity contribution is 5.98. The highest BCUT2D eigenvalue weighted by atomic mass is 16.5. The highest BCUT2D eigenvalue weighted by Gasteiger charge is 2.34. The Morgan fingerprint density at radius 3 is 2.42 bits per heavy atom. The SMILES string of the molecule is O=COc1cc(=O)c(O)c2c(O)c(O)cc([C@H]3Oc4cc(O)cc(O)c4C[C@H]3O)c2c1. The molecule has 0 aliphatic carbocycles. The Bertz CT molecular complexity index is 1280. The van der Waals surface area contributed by atoms with Crippen molar-refractivity contribution in [1.29, 1.82) is 0 Å². The van der Waals surface area contributed by atoms with Gasteiger partial charge in [-0.25, -0.2) is 0 Å². The van der Waals surface area contributed by atoms with Crippen molar-refractivity contribution in [2.45, 2.75) is 18.6 Å². The predicted molar refractivity (Wildman–Crippen MR) is 105 cm³/mol. The molecule has 31 heavy (non-hydrogen) atoms. The molecule has 0 fully saturated rings. The van der Waals surface area contributed by atoms with Crippen molar-refractivity contribution in [2.24, 2.45) is 0 Å². The van der Waals surface area contributed by atoms with Gasteiger partial charge in [-0.15, -0.1) is 0 Å². The number of hydrogen-bond donors (Lipinski definition) is 6. The molecule has 1 aliphatic rings. The van der Waals surface area contributed by atoms with E-state index >= 15 is 0 Å². The fourth-order valence-electron chi connectivity index (χ4n) is 3.68. The first-order chi connectivity index (χ1) is 14.7. The lowest BCUT2D eigenvalue weighted by atomic mass is 9.91. The van der Waals surface area contributed by atoms with Crippen LogP contribution in [0.5, 0.6) is 40.2 Å². The molecule has 3 aromatic carbocycles. The number of phenolic OH excluding ortho intramolecular Hbond substituents is 4. The van der Waals surface area contributed by atoms with E-state index in [2.05, 4.69) is 0 Å². The third kappa shape index (κ3) is 3.28. The third-order valence-electron chi connectivity index (χ3n) is 5.06. The Morgan fingerprint density at radius 2 is 1.71 bits per heavy atom. The van der Waals surface area contributed by atoms with Crippen LogP contribution in [0.25, 0.3) is 10.8 Å². The molecule has 0 amide bonds. The number of carbonyl (C=O) groups is 1. The molecule has 160 valence electrons. The molecule has 0 unspecified atom stereocenters. The maximum absolute atomic E-state index is 12.2. The van der Waals surface area contributed by atoms with Gasteiger partial charge >= 0.3 is 0 Å². The van der Waals surface area contributed by atoms with Crippen LogP contribution < -0.4 is 14.9 Å². The number of benzene rings is 2. The van der Waals surface area contributed by atoms with Crippen LogP contribution in [0.15, 0.2) is 35.1 Å². The first-order valence-corrected chi connectivity index (χ1v) is 8.97. The normalized spacial score (nSPS) is 17.6. The number of aliphatic hydroxyl groups excluding tert-OH is 1. The molecule has 1 heterocycles. The van der Waals surface area contributed by atoms with Crippen molar-refractivity contribution in [3.63, 3.8) is 0 Å². The minimum absolute atomic E-state index is 0.0351. The fraction of sp³-hybridized carbons (Fsp3) is 0.143. The summed E-state index contributed by atoms with van der Waals surface area (Å²) in [6.07, 6.45) is -2.58. The maximum Gasteiger partial charge on any atom is 0.298 e. The average Bonchev–Trinajstić information content (AvgIpc) is 2.82. The van der Waals surface area contributed by atoms with E-state index in [4.69, 9.17) is 9.47 Å². The summed E-state index contributed by atoms with van der Waals surface area (Å²) in [5.74, 6) is -3.21. The molecule has 10 nitrogen and oxygen atoms in total. The predicted octanol–water partition coefficient (Wildman–Crippen LogP) is 1.30. The number of aliphatic hydroxyl groups is 1. The van der Waals surface area contributed by atoms with E-state index in [9.17, 15) is 40.2 Å². The van der Waals surface area contributed by atoms with Crippen LogP contribution in [0.2, 0.25) is 0 Å². The molecule has 0 spiro atoms. The Morgan fingerprint density at radius 1 is 0.968 bits per heavy atom. The Labute approximate surface area is 173 Å². The van der Waals surface area contributed by atoms with Crippen molar-refractivity contribution in [3.8, 4) is 40.2 Å². The van der Waals surface area contributed by atoms with Crippen LogP contribution in [0.3, 0.4) is 0 Å². The zero-order valence-corrected chi connectivity index (χ0v) is 15.6. The quantitative estimate of drug-likeness (QED) is 0.263. The molecule has 0 saturated heterocycles. The third-order valence-corrected chi connectivity index (χ3v) is 5.06. The van der Waals surface area contributed by atoms with Gasteiger partial charge in [0, 0.05) is 41.1 Å². The van der Waals surface area contributed by atoms with Crippen molar-refractivity contribution in [2.75, 3.05) is 0 Å². The summed E-state index contributed by atoms with van der Waals surface area (Å²) in [7, 11) is 0. The van der Waals surface area contributed by atoms with E-state index in [-0.39, 0.29) is 52.4 Å². The Kier molecular flexibility index (Phi) is 4.71. The maximum atomic E-state index is 12.2. The van der Waals surface area contributed by atoms with Gasteiger partial charge in [0.2, 0.25) is 5.43 Å². The summed E-state index contributed by atoms with van der Waals surface area (Å²) in [4.78, 5) is 23.0. The summed E-state index contributed by atoms with van der Waals surface area (Å²) in [5, 5.41) is 60.8. The second kappa shape index (κ2) is 7.26. The second-order valence-electron chi connectivity index (χ2n) is 6.99. The number of aromatic hydroxyl groups is 5. The van der Waals surface area contributed by atoms with Gasteiger partial charge in [-0.3, -0.25) is 9.59 Å². The van der Waals surface area contributed by atoms with Crippen molar-refractivity contribution in [1.82, 2.24) is 0 Å². The standard InChI is InChI=1S/C21H16O10/c22-7-30-9-3-10-11(5-15(26)20(29)18(10)19(28)14(25)4-9)21-16(27)6-12-13(24)1-8(23)2-17(12)31-21/h1-5,7,16,21,23-24,26-27,29H,6H2,(H,25,28)/t16-,21-/m1/s1. The molecule has 0 radical (unpaired) electrons. The van der Waals surface area contributed by atoms with Gasteiger partial charge in [-0.2, -0.15) is 0 Å². The highest BCUT2D eigenvalue weighted by Crippen LogP contribution is 2.47. The Hall–Kier alpha value is -4.18. The van der Waals surface area contributed by atoms with E-state index in [0.717, 1.165) is 24.3 Å². The Balaban J connectivity index is 2.01. The fourth-order valence-corrected chi connectivity index (χ4v) is 3.68. The average molecular weight is 428 g/mol. The number of rotatable bonds is 3. The van der Waals surface area contributed by atoms with Gasteiger partial charge in [0.05, 0.1) is 11.5 Å². The van der Waals surface area contributed by atoms with E-state index in [0.29, 0.717) is 0 Å². The number of ether oxygens (including phenoxy) is 2. The monoisotopic (exact) mass is 428 g/mol. The zero-order valence-electron chi connectivity index (χ0n) is 15.6. The number of hydrogen-bond acceptors (Lipinski definition) is 10. The summed E-state index contributed by atoms with van der Waals surface area (Å²) in [5.41, 5.74) is -0.717. The van der Waals surface area contributed by atoms with E-state index in [1.165, 1.54) is 6.07 Å². The van der Waals surface area contributed by atoms with Gasteiger partial charge in [0.25, 0.3) is 6.47 Å². The largest absolute Gasteiger partial charge is 0.508 e. The summed E-state index contributed by atoms with van der Waals surface area (Å²) >= 11 is 0. The number of carbonyl (C=O) groups excluding carboxylic acids is 1. The lowest BCUT2D eigenvalue weighted by molar-refractivity contribution is -0.120. The number of phenols is 4. The van der Waals surface area contributed by atoms with Crippen LogP contribution in [0, 0.1) is 0 Å². The minimum atomic E-state index is -1.27. The number of fused-ring (bicyclic) bond motifs is 2. The molecule has 3 aromatic rings. The molecule has 0 saturated carbocycles. The van der Waals surface area contributed by atoms with Gasteiger partial charge in [0.1, 0.15) is 23.0 Å². The lowest BCUT2D eigenvalue weighted by Crippen LogP contribution is -2.30. The second-order valence-corrected chi connectivity index (χ2v) is 6.99. The van der Waals surface area contributed by atoms with Gasteiger partial charge in [-0.05, 0) is 12.1 Å². The molecular weight excluding hydrogens is 412 g/mol. The van der Waals surface area contributed by atoms with Gasteiger partial charge in [-0.1, -0.05) is 0 Å². The summed E-state index contributed by atoms with van der Waals surface area (Å²) < 4.78 is 10.5. The van der Waals surface area contributed by atoms with Crippen LogP contribution in [-0.4, -0.2) is 43.2 Å².